The predicted octanol–water partition coefficient (Wildman–Crippen LogP) is 0.579. The van der Waals surface area contributed by atoms with Crippen LogP contribution in [-0.2, 0) is 4.79 Å². The van der Waals surface area contributed by atoms with Gasteiger partial charge in [0.1, 0.15) is 0 Å². The van der Waals surface area contributed by atoms with Crippen molar-refractivity contribution in [3.8, 4) is 0 Å². The fourth-order valence-corrected chi connectivity index (χ4v) is 0.996. The number of amides is 1. The number of carbonyl (C=O) groups is 1. The molecule has 3 N–H and O–H groups in total. The monoisotopic (exact) mass is 243 g/mol. The van der Waals surface area contributed by atoms with Crippen LogP contribution in [0.4, 0.5) is 13.2 Å². The summed E-state index contributed by atoms with van der Waals surface area (Å²) in [6, 6.07) is 0. The van der Waals surface area contributed by atoms with Gasteiger partial charge in [0.15, 0.2) is 0 Å². The minimum Gasteiger partial charge on any atom is -0.394 e. The Morgan fingerprint density at radius 3 is 2.44 bits per heavy atom. The van der Waals surface area contributed by atoms with Gasteiger partial charge in [-0.2, -0.15) is 13.2 Å². The SMILES string of the molecule is O=C(CCCCC(F)(F)F)NCC(O)CO. The van der Waals surface area contributed by atoms with Gasteiger partial charge in [-0.15, -0.1) is 0 Å². The molecular weight excluding hydrogens is 227 g/mol. The van der Waals surface area contributed by atoms with E-state index in [1.54, 1.807) is 0 Å². The van der Waals surface area contributed by atoms with Crippen LogP contribution in [0.25, 0.3) is 0 Å². The molecule has 0 aromatic heterocycles. The van der Waals surface area contributed by atoms with Crippen LogP contribution in [0.2, 0.25) is 0 Å². The Bertz CT molecular complexity index is 209. The molecule has 96 valence electrons. The molecule has 0 aromatic rings. The molecule has 1 atom stereocenters. The second-order valence-corrected chi connectivity index (χ2v) is 3.46. The number of unbranched alkanes of at least 4 members (excludes halogenated alkanes) is 1. The zero-order valence-corrected chi connectivity index (χ0v) is 8.76. The van der Waals surface area contributed by atoms with E-state index in [4.69, 9.17) is 10.2 Å². The average molecular weight is 243 g/mol. The predicted molar refractivity (Wildman–Crippen MR) is 50.6 cm³/mol. The van der Waals surface area contributed by atoms with E-state index in [1.165, 1.54) is 0 Å². The quantitative estimate of drug-likeness (QED) is 0.573. The van der Waals surface area contributed by atoms with E-state index in [0.29, 0.717) is 0 Å². The van der Waals surface area contributed by atoms with Gasteiger partial charge in [0, 0.05) is 19.4 Å². The van der Waals surface area contributed by atoms with Gasteiger partial charge >= 0.3 is 6.18 Å². The molecule has 0 saturated carbocycles. The number of aliphatic hydroxyl groups excluding tert-OH is 2. The van der Waals surface area contributed by atoms with E-state index in [0.717, 1.165) is 0 Å². The van der Waals surface area contributed by atoms with Crippen LogP contribution in [0.3, 0.4) is 0 Å². The number of alkyl halides is 3. The first-order valence-electron chi connectivity index (χ1n) is 4.97. The van der Waals surface area contributed by atoms with E-state index >= 15 is 0 Å². The van der Waals surface area contributed by atoms with Crippen LogP contribution in [0.1, 0.15) is 25.7 Å². The van der Waals surface area contributed by atoms with Gasteiger partial charge < -0.3 is 15.5 Å². The molecule has 1 unspecified atom stereocenters. The Morgan fingerprint density at radius 1 is 1.31 bits per heavy atom. The van der Waals surface area contributed by atoms with Crippen LogP contribution >= 0.6 is 0 Å². The highest BCUT2D eigenvalue weighted by Crippen LogP contribution is 2.22. The minimum absolute atomic E-state index is 0.00573. The summed E-state index contributed by atoms with van der Waals surface area (Å²) in [4.78, 5) is 11.0. The zero-order chi connectivity index (χ0) is 12.6. The van der Waals surface area contributed by atoms with Crippen LogP contribution in [0.5, 0.6) is 0 Å². The topological polar surface area (TPSA) is 69.6 Å². The first kappa shape index (κ1) is 15.2. The second kappa shape index (κ2) is 7.45. The van der Waals surface area contributed by atoms with Crippen molar-refractivity contribution >= 4 is 5.91 Å². The molecule has 0 bridgehead atoms. The smallest absolute Gasteiger partial charge is 0.389 e. The molecule has 0 aliphatic rings. The second-order valence-electron chi connectivity index (χ2n) is 3.46. The molecule has 0 fully saturated rings. The number of halogens is 3. The standard InChI is InChI=1S/C9H16F3NO3/c10-9(11,12)4-2-1-3-8(16)13-5-7(15)6-14/h7,14-15H,1-6H2,(H,13,16). The molecule has 16 heavy (non-hydrogen) atoms. The Balaban J connectivity index is 3.44. The number of rotatable bonds is 7. The Morgan fingerprint density at radius 2 is 1.94 bits per heavy atom. The maximum Gasteiger partial charge on any atom is 0.389 e. The van der Waals surface area contributed by atoms with Gasteiger partial charge in [-0.25, -0.2) is 0 Å². The molecule has 0 aliphatic heterocycles. The third-order valence-electron chi connectivity index (χ3n) is 1.86. The summed E-state index contributed by atoms with van der Waals surface area (Å²) >= 11 is 0. The van der Waals surface area contributed by atoms with Crippen molar-refractivity contribution in [3.63, 3.8) is 0 Å². The number of carbonyl (C=O) groups excluding carboxylic acids is 1. The summed E-state index contributed by atoms with van der Waals surface area (Å²) in [6.45, 7) is -0.553. The first-order valence-corrected chi connectivity index (χ1v) is 4.97. The number of hydrogen-bond donors (Lipinski definition) is 3. The molecule has 0 aromatic carbocycles. The van der Waals surface area contributed by atoms with Crippen molar-refractivity contribution in [2.24, 2.45) is 0 Å². The molecule has 0 rings (SSSR count). The van der Waals surface area contributed by atoms with Crippen molar-refractivity contribution in [3.05, 3.63) is 0 Å². The van der Waals surface area contributed by atoms with E-state index in [1.807, 2.05) is 0 Å². The van der Waals surface area contributed by atoms with Gasteiger partial charge in [0.2, 0.25) is 5.91 Å². The third kappa shape index (κ3) is 9.72. The normalized spacial score (nSPS) is 13.6. The Hall–Kier alpha value is -0.820. The molecule has 4 nitrogen and oxygen atoms in total. The summed E-state index contributed by atoms with van der Waals surface area (Å²) in [5, 5.41) is 19.6. The van der Waals surface area contributed by atoms with Crippen molar-refractivity contribution in [1.82, 2.24) is 5.32 Å². The highest BCUT2D eigenvalue weighted by atomic mass is 19.4. The maximum atomic E-state index is 11.7. The lowest BCUT2D eigenvalue weighted by atomic mass is 10.2. The van der Waals surface area contributed by atoms with E-state index in [-0.39, 0.29) is 25.8 Å². The van der Waals surface area contributed by atoms with Crippen molar-refractivity contribution in [1.29, 1.82) is 0 Å². The summed E-state index contributed by atoms with van der Waals surface area (Å²) in [6.07, 6.45) is -6.03. The molecular formula is C9H16F3NO3. The van der Waals surface area contributed by atoms with Crippen LogP contribution in [-0.4, -0.2) is 41.6 Å². The van der Waals surface area contributed by atoms with E-state index in [9.17, 15) is 18.0 Å². The fourth-order valence-electron chi connectivity index (χ4n) is 0.996. The number of hydrogen-bond acceptors (Lipinski definition) is 3. The molecule has 0 aliphatic carbocycles. The Labute approximate surface area is 91.5 Å². The lowest BCUT2D eigenvalue weighted by Crippen LogP contribution is -2.33. The van der Waals surface area contributed by atoms with Crippen LogP contribution in [0.15, 0.2) is 0 Å². The fraction of sp³-hybridized carbons (Fsp3) is 0.889. The van der Waals surface area contributed by atoms with Gasteiger partial charge in [0.25, 0.3) is 0 Å². The largest absolute Gasteiger partial charge is 0.394 e. The van der Waals surface area contributed by atoms with E-state index < -0.39 is 31.2 Å². The Kier molecular flexibility index (Phi) is 7.07. The molecule has 7 heteroatoms. The van der Waals surface area contributed by atoms with Crippen molar-refractivity contribution in [2.45, 2.75) is 38.0 Å². The molecule has 0 heterocycles. The lowest BCUT2D eigenvalue weighted by molar-refractivity contribution is -0.136. The van der Waals surface area contributed by atoms with E-state index in [2.05, 4.69) is 5.32 Å². The summed E-state index contributed by atoms with van der Waals surface area (Å²) in [5.41, 5.74) is 0. The highest BCUT2D eigenvalue weighted by Gasteiger charge is 2.25. The molecule has 0 spiro atoms. The zero-order valence-electron chi connectivity index (χ0n) is 8.76. The van der Waals surface area contributed by atoms with Crippen LogP contribution in [0, 0.1) is 0 Å². The van der Waals surface area contributed by atoms with Gasteiger partial charge in [-0.05, 0) is 12.8 Å². The number of nitrogens with one attached hydrogen (secondary N) is 1. The first-order chi connectivity index (χ1) is 7.35. The van der Waals surface area contributed by atoms with Crippen molar-refractivity contribution in [2.75, 3.05) is 13.2 Å². The van der Waals surface area contributed by atoms with Gasteiger partial charge in [-0.3, -0.25) is 4.79 Å². The number of aliphatic hydroxyl groups is 2. The highest BCUT2D eigenvalue weighted by molar-refractivity contribution is 5.75. The average Bonchev–Trinajstić information content (AvgIpc) is 2.19. The minimum atomic E-state index is -4.18. The summed E-state index contributed by atoms with van der Waals surface area (Å²) in [5.74, 6) is -0.422. The summed E-state index contributed by atoms with van der Waals surface area (Å²) in [7, 11) is 0. The summed E-state index contributed by atoms with van der Waals surface area (Å²) < 4.78 is 35.2. The molecule has 0 radical (unpaired) electrons. The molecule has 1 amide bonds. The molecule has 0 saturated heterocycles. The van der Waals surface area contributed by atoms with Gasteiger partial charge in [-0.1, -0.05) is 0 Å². The van der Waals surface area contributed by atoms with Crippen molar-refractivity contribution < 1.29 is 28.2 Å². The lowest BCUT2D eigenvalue weighted by Gasteiger charge is -2.09. The van der Waals surface area contributed by atoms with Gasteiger partial charge in [0.05, 0.1) is 12.7 Å². The maximum absolute atomic E-state index is 11.7. The van der Waals surface area contributed by atoms with Crippen LogP contribution < -0.4 is 5.32 Å². The third-order valence-corrected chi connectivity index (χ3v) is 1.86.